The van der Waals surface area contributed by atoms with Gasteiger partial charge in [0.25, 0.3) is 5.62 Å². The van der Waals surface area contributed by atoms with Crippen molar-refractivity contribution in [3.05, 3.63) is 33.2 Å². The van der Waals surface area contributed by atoms with Crippen LogP contribution in [0, 0.1) is 0 Å². The number of fused-ring (bicyclic) bond motifs is 1. The van der Waals surface area contributed by atoms with E-state index in [1.807, 2.05) is 0 Å². The van der Waals surface area contributed by atoms with Gasteiger partial charge in [-0.25, -0.2) is 9.79 Å². The quantitative estimate of drug-likeness (QED) is 0.510. The number of rotatable bonds is 3. The molecule has 11 nitrogen and oxygen atoms in total. The number of aromatic hydroxyl groups is 1. The first-order valence-corrected chi connectivity index (χ1v) is 9.33. The van der Waals surface area contributed by atoms with Crippen molar-refractivity contribution >= 4 is 17.7 Å². The third-order valence-corrected chi connectivity index (χ3v) is 4.75. The van der Waals surface area contributed by atoms with Gasteiger partial charge in [-0.15, -0.1) is 0 Å². The van der Waals surface area contributed by atoms with Crippen molar-refractivity contribution in [3.63, 3.8) is 0 Å². The molecule has 3 aromatic rings. The SMILES string of the molecule is O=c1[nH]c(O)c(/C=c2\cnn3c(=NC4CC4)nc(N4CCCOCC4)nc23)[nH]1. The van der Waals surface area contributed by atoms with E-state index in [0.717, 1.165) is 32.4 Å². The second kappa shape index (κ2) is 6.75. The van der Waals surface area contributed by atoms with E-state index >= 15 is 0 Å². The third-order valence-electron chi connectivity index (χ3n) is 4.75. The summed E-state index contributed by atoms with van der Waals surface area (Å²) in [6.45, 7) is 2.86. The first kappa shape index (κ1) is 16.9. The molecule has 28 heavy (non-hydrogen) atoms. The predicted molar refractivity (Wildman–Crippen MR) is 98.9 cm³/mol. The fourth-order valence-corrected chi connectivity index (χ4v) is 3.16. The highest BCUT2D eigenvalue weighted by atomic mass is 16.5. The van der Waals surface area contributed by atoms with E-state index in [1.54, 1.807) is 16.8 Å². The summed E-state index contributed by atoms with van der Waals surface area (Å²) in [5, 5.41) is 14.9. The standard InChI is InChI=1S/C17H20N8O3/c26-14-12(20-17(27)22-14)8-10-9-18-25-13(10)21-15(23-16(25)19-11-2-3-11)24-4-1-6-28-7-5-24/h8-9,11,26H,1-7H2,(H2,20,22,27)/b10-8+,19-16?. The molecule has 0 bridgehead atoms. The van der Waals surface area contributed by atoms with Crippen LogP contribution in [-0.4, -0.2) is 67.0 Å². The van der Waals surface area contributed by atoms with Crippen molar-refractivity contribution in [2.24, 2.45) is 4.99 Å². The Morgan fingerprint density at radius 1 is 1.25 bits per heavy atom. The van der Waals surface area contributed by atoms with Gasteiger partial charge in [0.1, 0.15) is 5.69 Å². The van der Waals surface area contributed by atoms with Crippen LogP contribution < -0.4 is 21.4 Å². The maximum absolute atomic E-state index is 11.4. The molecule has 0 unspecified atom stereocenters. The molecule has 1 saturated heterocycles. The summed E-state index contributed by atoms with van der Waals surface area (Å²) >= 11 is 0. The van der Waals surface area contributed by atoms with E-state index in [0.29, 0.717) is 35.6 Å². The molecule has 146 valence electrons. The summed E-state index contributed by atoms with van der Waals surface area (Å²) in [5.74, 6) is 0.352. The molecule has 1 aliphatic heterocycles. The lowest BCUT2D eigenvalue weighted by Gasteiger charge is -2.19. The zero-order valence-electron chi connectivity index (χ0n) is 15.1. The molecule has 0 aromatic carbocycles. The topological polar surface area (TPSA) is 137 Å². The maximum atomic E-state index is 11.4. The second-order valence-electron chi connectivity index (χ2n) is 6.96. The minimum absolute atomic E-state index is 0.230. The van der Waals surface area contributed by atoms with Crippen molar-refractivity contribution in [2.75, 3.05) is 31.2 Å². The Hall–Kier alpha value is -3.21. The minimum atomic E-state index is -0.482. The number of ether oxygens (including phenoxy) is 1. The largest absolute Gasteiger partial charge is 0.493 e. The zero-order valence-corrected chi connectivity index (χ0v) is 15.1. The second-order valence-corrected chi connectivity index (χ2v) is 6.96. The normalized spacial score (nSPS) is 19.5. The predicted octanol–water partition coefficient (Wildman–Crippen LogP) is -1.32. The summed E-state index contributed by atoms with van der Waals surface area (Å²) in [6, 6.07) is 0.278. The lowest BCUT2D eigenvalue weighted by molar-refractivity contribution is 0.152. The van der Waals surface area contributed by atoms with E-state index in [1.165, 1.54) is 0 Å². The highest BCUT2D eigenvalue weighted by molar-refractivity contribution is 5.57. The van der Waals surface area contributed by atoms with Crippen LogP contribution in [0.15, 0.2) is 16.0 Å². The van der Waals surface area contributed by atoms with Gasteiger partial charge in [0.2, 0.25) is 11.8 Å². The molecule has 5 rings (SSSR count). The van der Waals surface area contributed by atoms with Crippen LogP contribution in [0.25, 0.3) is 11.7 Å². The fraction of sp³-hybridized carbons (Fsp3) is 0.471. The number of hydrogen-bond donors (Lipinski definition) is 3. The molecule has 0 atom stereocenters. The smallest absolute Gasteiger partial charge is 0.326 e. The van der Waals surface area contributed by atoms with Gasteiger partial charge in [-0.05, 0) is 25.3 Å². The Bertz CT molecular complexity index is 1180. The van der Waals surface area contributed by atoms with Crippen LogP contribution in [0.4, 0.5) is 5.95 Å². The van der Waals surface area contributed by atoms with Crippen molar-refractivity contribution in [1.29, 1.82) is 0 Å². The van der Waals surface area contributed by atoms with Crippen LogP contribution in [-0.2, 0) is 4.74 Å². The summed E-state index contributed by atoms with van der Waals surface area (Å²) in [4.78, 5) is 32.4. The minimum Gasteiger partial charge on any atom is -0.493 e. The number of nitrogens with one attached hydrogen (secondary N) is 2. The van der Waals surface area contributed by atoms with E-state index in [2.05, 4.69) is 29.9 Å². The van der Waals surface area contributed by atoms with Crippen LogP contribution >= 0.6 is 0 Å². The average molecular weight is 384 g/mol. The number of anilines is 1. The van der Waals surface area contributed by atoms with Gasteiger partial charge in [-0.2, -0.15) is 19.6 Å². The average Bonchev–Trinajstić information content (AvgIpc) is 3.39. The number of aromatic amines is 2. The van der Waals surface area contributed by atoms with E-state index in [-0.39, 0.29) is 17.6 Å². The van der Waals surface area contributed by atoms with Crippen LogP contribution in [0.3, 0.4) is 0 Å². The third kappa shape index (κ3) is 3.24. The highest BCUT2D eigenvalue weighted by Crippen LogP contribution is 2.22. The summed E-state index contributed by atoms with van der Waals surface area (Å²) < 4.78 is 7.13. The highest BCUT2D eigenvalue weighted by Gasteiger charge is 2.22. The molecule has 0 amide bonds. The van der Waals surface area contributed by atoms with Crippen molar-refractivity contribution < 1.29 is 9.84 Å². The Morgan fingerprint density at radius 2 is 2.14 bits per heavy atom. The molecule has 3 N–H and O–H groups in total. The van der Waals surface area contributed by atoms with Gasteiger partial charge in [-0.1, -0.05) is 0 Å². The van der Waals surface area contributed by atoms with Gasteiger partial charge in [0, 0.05) is 24.9 Å². The van der Waals surface area contributed by atoms with Crippen LogP contribution in [0.1, 0.15) is 25.0 Å². The first-order valence-electron chi connectivity index (χ1n) is 9.33. The van der Waals surface area contributed by atoms with Gasteiger partial charge >= 0.3 is 5.69 Å². The first-order chi connectivity index (χ1) is 13.7. The van der Waals surface area contributed by atoms with Crippen LogP contribution in [0.5, 0.6) is 5.88 Å². The van der Waals surface area contributed by atoms with Crippen LogP contribution in [0.2, 0.25) is 0 Å². The van der Waals surface area contributed by atoms with E-state index in [4.69, 9.17) is 9.72 Å². The Morgan fingerprint density at radius 3 is 2.93 bits per heavy atom. The summed E-state index contributed by atoms with van der Waals surface area (Å²) in [6.07, 6.45) is 6.25. The number of hydrogen-bond acceptors (Lipinski definition) is 8. The Labute approximate surface area is 158 Å². The van der Waals surface area contributed by atoms with Gasteiger partial charge in [0.05, 0.1) is 18.8 Å². The molecule has 1 aliphatic carbocycles. The van der Waals surface area contributed by atoms with Crippen molar-refractivity contribution in [1.82, 2.24) is 29.5 Å². The van der Waals surface area contributed by atoms with Crippen molar-refractivity contribution in [3.8, 4) is 5.88 Å². The molecule has 2 fully saturated rings. The molecule has 2 aliphatic rings. The Balaban J connectivity index is 1.69. The molecule has 3 aromatic heterocycles. The summed E-state index contributed by atoms with van der Waals surface area (Å²) in [5.41, 5.74) is 0.864. The van der Waals surface area contributed by atoms with Gasteiger partial charge < -0.3 is 19.7 Å². The lowest BCUT2D eigenvalue weighted by Crippen LogP contribution is -2.32. The Kier molecular flexibility index (Phi) is 4.08. The monoisotopic (exact) mass is 384 g/mol. The van der Waals surface area contributed by atoms with E-state index in [9.17, 15) is 9.90 Å². The fourth-order valence-electron chi connectivity index (χ4n) is 3.16. The summed E-state index contributed by atoms with van der Waals surface area (Å²) in [7, 11) is 0. The number of imidazole rings is 1. The molecule has 0 radical (unpaired) electrons. The van der Waals surface area contributed by atoms with Crippen molar-refractivity contribution in [2.45, 2.75) is 25.3 Å². The number of H-pyrrole nitrogens is 2. The maximum Gasteiger partial charge on any atom is 0.326 e. The molecule has 4 heterocycles. The lowest BCUT2D eigenvalue weighted by atomic mass is 10.3. The zero-order chi connectivity index (χ0) is 19.1. The molecule has 0 spiro atoms. The van der Waals surface area contributed by atoms with E-state index < -0.39 is 5.69 Å². The molecular weight excluding hydrogens is 364 g/mol. The molecule has 11 heteroatoms. The van der Waals surface area contributed by atoms with Gasteiger partial charge in [0.15, 0.2) is 5.65 Å². The molecular formula is C17H20N8O3. The molecule has 1 saturated carbocycles. The number of nitrogens with zero attached hydrogens (tertiary/aromatic N) is 6. The van der Waals surface area contributed by atoms with Gasteiger partial charge in [-0.3, -0.25) is 4.98 Å². The number of aromatic nitrogens is 6.